The zero-order valence-corrected chi connectivity index (χ0v) is 11.2. The molecule has 1 aliphatic carbocycles. The second kappa shape index (κ2) is 5.87. The van der Waals surface area contributed by atoms with Crippen LogP contribution in [0.4, 0.5) is 0 Å². The molecule has 2 amide bonds. The normalized spacial score (nSPS) is 15.6. The Hall–Kier alpha value is -1.84. The van der Waals surface area contributed by atoms with Crippen LogP contribution in [0.15, 0.2) is 30.3 Å². The predicted octanol–water partition coefficient (Wildman–Crippen LogP) is 1.61. The van der Waals surface area contributed by atoms with Gasteiger partial charge in [-0.25, -0.2) is 0 Å². The van der Waals surface area contributed by atoms with Crippen molar-refractivity contribution in [2.24, 2.45) is 5.41 Å². The van der Waals surface area contributed by atoms with Gasteiger partial charge in [0.2, 0.25) is 11.8 Å². The van der Waals surface area contributed by atoms with Crippen molar-refractivity contribution < 1.29 is 9.59 Å². The van der Waals surface area contributed by atoms with Gasteiger partial charge in [-0.3, -0.25) is 9.59 Å². The van der Waals surface area contributed by atoms with Gasteiger partial charge in [-0.05, 0) is 24.8 Å². The number of benzene rings is 1. The molecular weight excluding hydrogens is 240 g/mol. The number of nitrogens with one attached hydrogen (secondary N) is 2. The van der Waals surface area contributed by atoms with Crippen LogP contribution in [0.25, 0.3) is 0 Å². The largest absolute Gasteiger partial charge is 0.355 e. The lowest BCUT2D eigenvalue weighted by molar-refractivity contribution is -0.137. The summed E-state index contributed by atoms with van der Waals surface area (Å²) < 4.78 is 0. The highest BCUT2D eigenvalue weighted by molar-refractivity contribution is 6.07. The lowest BCUT2D eigenvalue weighted by Gasteiger charge is -2.15. The summed E-state index contributed by atoms with van der Waals surface area (Å²) in [5, 5.41) is 5.67. The quantitative estimate of drug-likeness (QED) is 0.763. The van der Waals surface area contributed by atoms with E-state index in [2.05, 4.69) is 10.6 Å². The van der Waals surface area contributed by atoms with Gasteiger partial charge in [0.15, 0.2) is 0 Å². The first-order valence-corrected chi connectivity index (χ1v) is 6.79. The van der Waals surface area contributed by atoms with Gasteiger partial charge in [0.25, 0.3) is 0 Å². The van der Waals surface area contributed by atoms with Gasteiger partial charge in [0, 0.05) is 13.1 Å². The maximum Gasteiger partial charge on any atom is 0.235 e. The monoisotopic (exact) mass is 260 g/mol. The molecule has 1 saturated carbocycles. The van der Waals surface area contributed by atoms with Crippen LogP contribution in [0.2, 0.25) is 0 Å². The Bertz CT molecular complexity index is 452. The molecule has 0 aromatic heterocycles. The van der Waals surface area contributed by atoms with Crippen LogP contribution in [0, 0.1) is 5.41 Å². The van der Waals surface area contributed by atoms with E-state index in [9.17, 15) is 9.59 Å². The van der Waals surface area contributed by atoms with E-state index in [1.54, 1.807) is 0 Å². The summed E-state index contributed by atoms with van der Waals surface area (Å²) in [6, 6.07) is 9.71. The first-order chi connectivity index (χ1) is 9.19. The Morgan fingerprint density at radius 1 is 1.11 bits per heavy atom. The first kappa shape index (κ1) is 13.6. The smallest absolute Gasteiger partial charge is 0.235 e. The number of carbonyl (C=O) groups is 2. The van der Waals surface area contributed by atoms with E-state index in [0.717, 1.165) is 12.0 Å². The van der Waals surface area contributed by atoms with E-state index in [0.29, 0.717) is 25.9 Å². The fraction of sp³-hybridized carbons (Fsp3) is 0.467. The molecule has 0 bridgehead atoms. The topological polar surface area (TPSA) is 58.2 Å². The van der Waals surface area contributed by atoms with Gasteiger partial charge >= 0.3 is 0 Å². The van der Waals surface area contributed by atoms with Gasteiger partial charge in [-0.15, -0.1) is 0 Å². The minimum atomic E-state index is -0.802. The van der Waals surface area contributed by atoms with Crippen LogP contribution in [0.5, 0.6) is 0 Å². The van der Waals surface area contributed by atoms with E-state index in [1.165, 1.54) is 0 Å². The Balaban J connectivity index is 1.87. The van der Waals surface area contributed by atoms with Gasteiger partial charge in [-0.2, -0.15) is 0 Å². The van der Waals surface area contributed by atoms with Crippen LogP contribution < -0.4 is 10.6 Å². The minimum Gasteiger partial charge on any atom is -0.355 e. The van der Waals surface area contributed by atoms with Crippen LogP contribution >= 0.6 is 0 Å². The van der Waals surface area contributed by atoms with Gasteiger partial charge in [-0.1, -0.05) is 37.3 Å². The van der Waals surface area contributed by atoms with Crippen LogP contribution in [0.1, 0.15) is 31.7 Å². The summed E-state index contributed by atoms with van der Waals surface area (Å²) in [6.45, 7) is 3.10. The molecule has 1 aromatic carbocycles. The van der Waals surface area contributed by atoms with Crippen LogP contribution in [-0.4, -0.2) is 18.4 Å². The second-order valence-electron chi connectivity index (χ2n) is 5.01. The highest BCUT2D eigenvalue weighted by Gasteiger charge is 2.56. The molecule has 19 heavy (non-hydrogen) atoms. The van der Waals surface area contributed by atoms with Crippen molar-refractivity contribution in [2.75, 3.05) is 6.54 Å². The van der Waals surface area contributed by atoms with Crippen molar-refractivity contribution in [3.8, 4) is 0 Å². The second-order valence-corrected chi connectivity index (χ2v) is 5.01. The third-order valence-corrected chi connectivity index (χ3v) is 3.45. The molecule has 4 heteroatoms. The number of carbonyl (C=O) groups excluding carboxylic acids is 2. The van der Waals surface area contributed by atoms with Gasteiger partial charge in [0.05, 0.1) is 0 Å². The molecule has 0 saturated heterocycles. The van der Waals surface area contributed by atoms with E-state index < -0.39 is 5.41 Å². The summed E-state index contributed by atoms with van der Waals surface area (Å²) >= 11 is 0. The lowest BCUT2D eigenvalue weighted by atomic mass is 10.0. The Kier molecular flexibility index (Phi) is 4.20. The van der Waals surface area contributed by atoms with E-state index in [-0.39, 0.29) is 11.8 Å². The highest BCUT2D eigenvalue weighted by atomic mass is 16.2. The van der Waals surface area contributed by atoms with Crippen LogP contribution in [0.3, 0.4) is 0 Å². The minimum absolute atomic E-state index is 0.125. The number of amides is 2. The Morgan fingerprint density at radius 3 is 2.32 bits per heavy atom. The molecule has 2 rings (SSSR count). The average Bonchev–Trinajstić information content (AvgIpc) is 3.25. The van der Waals surface area contributed by atoms with Crippen LogP contribution in [-0.2, 0) is 16.1 Å². The molecule has 0 aliphatic heterocycles. The highest BCUT2D eigenvalue weighted by Crippen LogP contribution is 2.46. The summed E-state index contributed by atoms with van der Waals surface area (Å²) in [5.74, 6) is -0.273. The summed E-state index contributed by atoms with van der Waals surface area (Å²) in [5.41, 5.74) is 0.241. The fourth-order valence-electron chi connectivity index (χ4n) is 2.04. The molecule has 0 heterocycles. The van der Waals surface area contributed by atoms with E-state index >= 15 is 0 Å². The standard InChI is InChI=1S/C15H20N2O2/c1-2-10-16-13(18)15(8-9-15)14(19)17-11-12-6-4-3-5-7-12/h3-7H,2,8-11H2,1H3,(H,16,18)(H,17,19). The SMILES string of the molecule is CCCNC(=O)C1(C(=O)NCc2ccccc2)CC1. The van der Waals surface area contributed by atoms with Crippen molar-refractivity contribution in [1.82, 2.24) is 10.6 Å². The number of hydrogen-bond acceptors (Lipinski definition) is 2. The summed E-state index contributed by atoms with van der Waals surface area (Å²) in [4.78, 5) is 24.1. The third-order valence-electron chi connectivity index (χ3n) is 3.45. The fourth-order valence-corrected chi connectivity index (χ4v) is 2.04. The molecule has 102 valence electrons. The van der Waals surface area contributed by atoms with Crippen molar-refractivity contribution >= 4 is 11.8 Å². The van der Waals surface area contributed by atoms with E-state index in [1.807, 2.05) is 37.3 Å². The molecule has 1 aliphatic rings. The van der Waals surface area contributed by atoms with Crippen molar-refractivity contribution in [3.63, 3.8) is 0 Å². The van der Waals surface area contributed by atoms with Gasteiger partial charge < -0.3 is 10.6 Å². The molecule has 1 aromatic rings. The number of rotatable bonds is 6. The van der Waals surface area contributed by atoms with E-state index in [4.69, 9.17) is 0 Å². The first-order valence-electron chi connectivity index (χ1n) is 6.79. The summed E-state index contributed by atoms with van der Waals surface area (Å²) in [7, 11) is 0. The lowest BCUT2D eigenvalue weighted by Crippen LogP contribution is -2.43. The predicted molar refractivity (Wildman–Crippen MR) is 73.3 cm³/mol. The molecule has 2 N–H and O–H groups in total. The molecule has 1 fully saturated rings. The molecule has 4 nitrogen and oxygen atoms in total. The average molecular weight is 260 g/mol. The Labute approximate surface area is 113 Å². The zero-order valence-electron chi connectivity index (χ0n) is 11.2. The van der Waals surface area contributed by atoms with Crippen molar-refractivity contribution in [1.29, 1.82) is 0 Å². The zero-order chi connectivity index (χ0) is 13.7. The third kappa shape index (κ3) is 3.13. The molecule has 0 spiro atoms. The van der Waals surface area contributed by atoms with Crippen molar-refractivity contribution in [2.45, 2.75) is 32.7 Å². The maximum absolute atomic E-state index is 12.1. The maximum atomic E-state index is 12.1. The molecular formula is C15H20N2O2. The molecule has 0 radical (unpaired) electrons. The molecule has 0 atom stereocenters. The van der Waals surface area contributed by atoms with Gasteiger partial charge in [0.1, 0.15) is 5.41 Å². The van der Waals surface area contributed by atoms with Crippen molar-refractivity contribution in [3.05, 3.63) is 35.9 Å². The number of hydrogen-bond donors (Lipinski definition) is 2. The Morgan fingerprint density at radius 2 is 1.74 bits per heavy atom. The molecule has 0 unspecified atom stereocenters. The summed E-state index contributed by atoms with van der Waals surface area (Å²) in [6.07, 6.45) is 2.19.